The number of methoxy groups -OCH3 is 3. The number of rotatable bonds is 8. The van der Waals surface area contributed by atoms with Crippen molar-refractivity contribution in [3.05, 3.63) is 48.0 Å². The average Bonchev–Trinajstić information content (AvgIpc) is 2.71. The second-order valence-corrected chi connectivity index (χ2v) is 5.71. The summed E-state index contributed by atoms with van der Waals surface area (Å²) in [5.41, 5.74) is 1.54. The largest absolute Gasteiger partial charge is 0.497 e. The van der Waals surface area contributed by atoms with E-state index in [1.165, 1.54) is 0 Å². The quantitative estimate of drug-likeness (QED) is 0.487. The summed E-state index contributed by atoms with van der Waals surface area (Å²) in [6.45, 7) is 2.87. The first-order valence-corrected chi connectivity index (χ1v) is 8.70. The van der Waals surface area contributed by atoms with Gasteiger partial charge in [0.05, 0.1) is 34.0 Å². The number of hydrogen-bond donors (Lipinski definition) is 3. The van der Waals surface area contributed by atoms with Gasteiger partial charge in [-0.3, -0.25) is 0 Å². The molecule has 0 amide bonds. The van der Waals surface area contributed by atoms with E-state index in [0.717, 1.165) is 11.3 Å². The van der Waals surface area contributed by atoms with Crippen molar-refractivity contribution in [3.63, 3.8) is 0 Å². The van der Waals surface area contributed by atoms with Gasteiger partial charge in [-0.05, 0) is 36.8 Å². The molecule has 1 unspecified atom stereocenters. The summed E-state index contributed by atoms with van der Waals surface area (Å²) < 4.78 is 15.8. The molecule has 146 valence electrons. The highest BCUT2D eigenvalue weighted by Crippen LogP contribution is 2.29. The molecule has 0 heterocycles. The first-order valence-electron chi connectivity index (χ1n) is 8.70. The number of nitrogens with zero attached hydrogens (tertiary/aromatic N) is 1. The highest BCUT2D eigenvalue weighted by Gasteiger charge is 2.10. The fourth-order valence-corrected chi connectivity index (χ4v) is 2.49. The standard InChI is InChI=1S/C20H27N3O4/c1-5-21-20(23-15-9-10-18(26-3)19(12-15)27-4)22-13-17(24)14-7-6-8-16(11-14)25-2/h6-12,17,24H,5,13H2,1-4H3,(H2,21,22,23). The normalized spacial score (nSPS) is 12.3. The highest BCUT2D eigenvalue weighted by molar-refractivity contribution is 5.93. The van der Waals surface area contributed by atoms with Crippen LogP contribution in [0.3, 0.4) is 0 Å². The summed E-state index contributed by atoms with van der Waals surface area (Å²) in [4.78, 5) is 4.47. The molecule has 0 aliphatic heterocycles. The van der Waals surface area contributed by atoms with Gasteiger partial charge >= 0.3 is 0 Å². The van der Waals surface area contributed by atoms with Crippen LogP contribution in [0.15, 0.2) is 47.5 Å². The Labute approximate surface area is 160 Å². The maximum absolute atomic E-state index is 10.4. The highest BCUT2D eigenvalue weighted by atomic mass is 16.5. The lowest BCUT2D eigenvalue weighted by Gasteiger charge is -2.15. The van der Waals surface area contributed by atoms with Gasteiger partial charge in [-0.15, -0.1) is 0 Å². The molecule has 0 fully saturated rings. The zero-order chi connectivity index (χ0) is 19.6. The third kappa shape index (κ3) is 5.79. The molecule has 1 atom stereocenters. The van der Waals surface area contributed by atoms with Gasteiger partial charge in [0.2, 0.25) is 0 Å². The first kappa shape index (κ1) is 20.4. The molecule has 0 aliphatic rings. The summed E-state index contributed by atoms with van der Waals surface area (Å²) in [6.07, 6.45) is -0.735. The molecule has 0 saturated heterocycles. The minimum atomic E-state index is -0.735. The monoisotopic (exact) mass is 373 g/mol. The van der Waals surface area contributed by atoms with E-state index in [-0.39, 0.29) is 6.54 Å². The summed E-state index contributed by atoms with van der Waals surface area (Å²) in [7, 11) is 4.78. The molecular weight excluding hydrogens is 346 g/mol. The van der Waals surface area contributed by atoms with Crippen LogP contribution in [0.4, 0.5) is 5.69 Å². The number of aliphatic hydroxyl groups excluding tert-OH is 1. The first-order chi connectivity index (χ1) is 13.1. The van der Waals surface area contributed by atoms with E-state index in [9.17, 15) is 5.11 Å². The predicted octanol–water partition coefficient (Wildman–Crippen LogP) is 2.82. The van der Waals surface area contributed by atoms with Crippen LogP contribution < -0.4 is 24.8 Å². The van der Waals surface area contributed by atoms with E-state index in [4.69, 9.17) is 14.2 Å². The summed E-state index contributed by atoms with van der Waals surface area (Å²) >= 11 is 0. The summed E-state index contributed by atoms with van der Waals surface area (Å²) in [6, 6.07) is 12.8. The number of benzene rings is 2. The van der Waals surface area contributed by atoms with Crippen molar-refractivity contribution < 1.29 is 19.3 Å². The van der Waals surface area contributed by atoms with Crippen molar-refractivity contribution in [2.45, 2.75) is 13.0 Å². The van der Waals surface area contributed by atoms with E-state index >= 15 is 0 Å². The van der Waals surface area contributed by atoms with E-state index in [0.29, 0.717) is 29.8 Å². The lowest BCUT2D eigenvalue weighted by Crippen LogP contribution is -2.31. The van der Waals surface area contributed by atoms with Crippen LogP contribution in [0.25, 0.3) is 0 Å². The number of hydrogen-bond acceptors (Lipinski definition) is 5. The Balaban J connectivity index is 2.11. The topological polar surface area (TPSA) is 84.3 Å². The van der Waals surface area contributed by atoms with Crippen LogP contribution >= 0.6 is 0 Å². The Hall–Kier alpha value is -2.93. The molecular formula is C20H27N3O4. The van der Waals surface area contributed by atoms with Crippen molar-refractivity contribution >= 4 is 11.6 Å². The van der Waals surface area contributed by atoms with Crippen molar-refractivity contribution in [1.82, 2.24) is 5.32 Å². The van der Waals surface area contributed by atoms with Gasteiger partial charge in [-0.25, -0.2) is 4.99 Å². The average molecular weight is 373 g/mol. The summed E-state index contributed by atoms with van der Waals surface area (Å²) in [5, 5.41) is 16.8. The third-order valence-electron chi connectivity index (χ3n) is 3.89. The lowest BCUT2D eigenvalue weighted by molar-refractivity contribution is 0.187. The lowest BCUT2D eigenvalue weighted by atomic mass is 10.1. The molecule has 27 heavy (non-hydrogen) atoms. The van der Waals surface area contributed by atoms with Gasteiger partial charge in [0.15, 0.2) is 17.5 Å². The molecule has 0 aromatic heterocycles. The van der Waals surface area contributed by atoms with Gasteiger partial charge < -0.3 is 30.0 Å². The number of aliphatic hydroxyl groups is 1. The van der Waals surface area contributed by atoms with Crippen LogP contribution in [0.5, 0.6) is 17.2 Å². The van der Waals surface area contributed by atoms with E-state index in [2.05, 4.69) is 15.6 Å². The molecule has 0 radical (unpaired) electrons. The maximum Gasteiger partial charge on any atom is 0.195 e. The van der Waals surface area contributed by atoms with Gasteiger partial charge in [0, 0.05) is 18.3 Å². The molecule has 0 spiro atoms. The van der Waals surface area contributed by atoms with Crippen LogP contribution in [0, 0.1) is 0 Å². The van der Waals surface area contributed by atoms with Crippen LogP contribution in [-0.2, 0) is 0 Å². The van der Waals surface area contributed by atoms with Gasteiger partial charge in [-0.2, -0.15) is 0 Å². The second kappa shape index (κ2) is 10.3. The number of nitrogens with one attached hydrogen (secondary N) is 2. The zero-order valence-electron chi connectivity index (χ0n) is 16.2. The second-order valence-electron chi connectivity index (χ2n) is 5.71. The van der Waals surface area contributed by atoms with Crippen LogP contribution in [0.1, 0.15) is 18.6 Å². The molecule has 2 rings (SSSR count). The minimum Gasteiger partial charge on any atom is -0.497 e. The molecule has 7 heteroatoms. The smallest absolute Gasteiger partial charge is 0.195 e. The fraction of sp³-hybridized carbons (Fsp3) is 0.350. The molecule has 3 N–H and O–H groups in total. The van der Waals surface area contributed by atoms with Gasteiger partial charge in [-0.1, -0.05) is 12.1 Å². The van der Waals surface area contributed by atoms with Gasteiger partial charge in [0.25, 0.3) is 0 Å². The Morgan fingerprint density at radius 2 is 1.81 bits per heavy atom. The van der Waals surface area contributed by atoms with Crippen LogP contribution in [0.2, 0.25) is 0 Å². The Bertz CT molecular complexity index is 765. The van der Waals surface area contributed by atoms with E-state index < -0.39 is 6.10 Å². The fourth-order valence-electron chi connectivity index (χ4n) is 2.49. The van der Waals surface area contributed by atoms with Crippen LogP contribution in [-0.4, -0.2) is 45.5 Å². The van der Waals surface area contributed by atoms with Crippen molar-refractivity contribution in [3.8, 4) is 17.2 Å². The molecule has 0 bridgehead atoms. The molecule has 7 nitrogen and oxygen atoms in total. The summed E-state index contributed by atoms with van der Waals surface area (Å²) in [5.74, 6) is 2.53. The van der Waals surface area contributed by atoms with Crippen molar-refractivity contribution in [2.24, 2.45) is 4.99 Å². The van der Waals surface area contributed by atoms with Crippen molar-refractivity contribution in [2.75, 3.05) is 39.7 Å². The Morgan fingerprint density at radius 3 is 2.48 bits per heavy atom. The Kier molecular flexibility index (Phi) is 7.76. The number of anilines is 1. The van der Waals surface area contributed by atoms with Crippen molar-refractivity contribution in [1.29, 1.82) is 0 Å². The van der Waals surface area contributed by atoms with Gasteiger partial charge in [0.1, 0.15) is 5.75 Å². The number of guanidine groups is 1. The van der Waals surface area contributed by atoms with E-state index in [1.807, 2.05) is 43.3 Å². The number of ether oxygens (including phenoxy) is 3. The molecule has 0 saturated carbocycles. The zero-order valence-corrected chi connectivity index (χ0v) is 16.2. The van der Waals surface area contributed by atoms with E-state index in [1.54, 1.807) is 27.4 Å². The Morgan fingerprint density at radius 1 is 1.04 bits per heavy atom. The molecule has 0 aliphatic carbocycles. The predicted molar refractivity (Wildman–Crippen MR) is 107 cm³/mol. The number of aliphatic imine (C=N–C) groups is 1. The maximum atomic E-state index is 10.4. The SMILES string of the molecule is CCNC(=NCC(O)c1cccc(OC)c1)Nc1ccc(OC)c(OC)c1. The minimum absolute atomic E-state index is 0.204. The third-order valence-corrected chi connectivity index (χ3v) is 3.89. The molecule has 2 aromatic rings. The molecule has 2 aromatic carbocycles.